The third kappa shape index (κ3) is 4.40. The van der Waals surface area contributed by atoms with E-state index in [4.69, 9.17) is 13.9 Å². The summed E-state index contributed by atoms with van der Waals surface area (Å²) >= 11 is 1.62. The Bertz CT molecular complexity index is 930. The lowest BCUT2D eigenvalue weighted by Crippen LogP contribution is -2.15. The molecule has 0 fully saturated rings. The maximum Gasteiger partial charge on any atom is 0.322 e. The molecule has 2 aromatic carbocycles. The van der Waals surface area contributed by atoms with Crippen LogP contribution in [0.5, 0.6) is 11.5 Å². The Morgan fingerprint density at radius 2 is 1.85 bits per heavy atom. The smallest absolute Gasteiger partial charge is 0.322 e. The lowest BCUT2D eigenvalue weighted by molar-refractivity contribution is -0.115. The fourth-order valence-corrected chi connectivity index (χ4v) is 3.40. The van der Waals surface area contributed by atoms with Crippen LogP contribution < -0.4 is 14.8 Å². The number of hydrogen-bond acceptors (Lipinski definition) is 7. The molecule has 2 heterocycles. The van der Waals surface area contributed by atoms with Crippen molar-refractivity contribution in [2.45, 2.75) is 11.3 Å². The Kier molecular flexibility index (Phi) is 5.24. The van der Waals surface area contributed by atoms with Crippen LogP contribution in [0.15, 0.2) is 57.8 Å². The standard InChI is InChI=1S/C19H17N3O4S/c23-17(8-11-27-14-4-2-1-3-5-14)20-19-22-21-18(26-19)13-6-7-15-16(12-13)25-10-9-24-15/h1-7,12H,8-11H2,(H,20,22,23). The van der Waals surface area contributed by atoms with Gasteiger partial charge in [0.2, 0.25) is 11.8 Å². The minimum atomic E-state index is -0.171. The summed E-state index contributed by atoms with van der Waals surface area (Å²) in [6.07, 6.45) is 0.349. The maximum atomic E-state index is 12.1. The third-order valence-corrected chi connectivity index (χ3v) is 4.82. The van der Waals surface area contributed by atoms with E-state index in [-0.39, 0.29) is 11.9 Å². The number of carbonyl (C=O) groups excluding carboxylic acids is 1. The predicted molar refractivity (Wildman–Crippen MR) is 101 cm³/mol. The van der Waals surface area contributed by atoms with E-state index in [1.165, 1.54) is 0 Å². The molecule has 0 saturated heterocycles. The molecule has 0 bridgehead atoms. The van der Waals surface area contributed by atoms with Gasteiger partial charge in [-0.2, -0.15) is 0 Å². The summed E-state index contributed by atoms with van der Waals surface area (Å²) in [4.78, 5) is 13.2. The second-order valence-electron chi connectivity index (χ2n) is 5.73. The highest BCUT2D eigenvalue weighted by atomic mass is 32.2. The number of hydrogen-bond donors (Lipinski definition) is 1. The first-order valence-electron chi connectivity index (χ1n) is 8.49. The first kappa shape index (κ1) is 17.4. The molecule has 0 unspecified atom stereocenters. The van der Waals surface area contributed by atoms with Gasteiger partial charge < -0.3 is 13.9 Å². The highest BCUT2D eigenvalue weighted by molar-refractivity contribution is 7.99. The zero-order valence-electron chi connectivity index (χ0n) is 14.4. The van der Waals surface area contributed by atoms with Crippen molar-refractivity contribution in [1.29, 1.82) is 0 Å². The van der Waals surface area contributed by atoms with Gasteiger partial charge in [-0.25, -0.2) is 0 Å². The quantitative estimate of drug-likeness (QED) is 0.651. The summed E-state index contributed by atoms with van der Waals surface area (Å²) in [6.45, 7) is 1.04. The fraction of sp³-hybridized carbons (Fsp3) is 0.211. The van der Waals surface area contributed by atoms with Gasteiger partial charge in [0.25, 0.3) is 0 Å². The van der Waals surface area contributed by atoms with Crippen molar-refractivity contribution < 1.29 is 18.7 Å². The van der Waals surface area contributed by atoms with E-state index >= 15 is 0 Å². The van der Waals surface area contributed by atoms with Crippen molar-refractivity contribution in [3.63, 3.8) is 0 Å². The van der Waals surface area contributed by atoms with Crippen LogP contribution in [0.4, 0.5) is 6.01 Å². The van der Waals surface area contributed by atoms with Crippen molar-refractivity contribution in [2.24, 2.45) is 0 Å². The van der Waals surface area contributed by atoms with Crippen LogP contribution in [0, 0.1) is 0 Å². The number of nitrogens with zero attached hydrogens (tertiary/aromatic N) is 2. The van der Waals surface area contributed by atoms with Crippen molar-refractivity contribution in [3.05, 3.63) is 48.5 Å². The molecule has 1 amide bonds. The predicted octanol–water partition coefficient (Wildman–Crippen LogP) is 3.63. The van der Waals surface area contributed by atoms with E-state index in [0.29, 0.717) is 48.3 Å². The van der Waals surface area contributed by atoms with E-state index in [2.05, 4.69) is 15.5 Å². The first-order valence-corrected chi connectivity index (χ1v) is 9.48. The summed E-state index contributed by atoms with van der Waals surface area (Å²) in [5.41, 5.74) is 0.701. The Balaban J connectivity index is 1.33. The van der Waals surface area contributed by atoms with Gasteiger partial charge in [0.15, 0.2) is 11.5 Å². The number of thioether (sulfide) groups is 1. The topological polar surface area (TPSA) is 86.5 Å². The molecule has 4 rings (SSSR count). The minimum absolute atomic E-state index is 0.0783. The molecule has 0 aliphatic carbocycles. The fourth-order valence-electron chi connectivity index (χ4n) is 2.53. The monoisotopic (exact) mass is 383 g/mol. The van der Waals surface area contributed by atoms with Gasteiger partial charge in [-0.05, 0) is 30.3 Å². The first-order chi connectivity index (χ1) is 13.3. The molecule has 1 N–H and O–H groups in total. The second kappa shape index (κ2) is 8.13. The second-order valence-corrected chi connectivity index (χ2v) is 6.90. The van der Waals surface area contributed by atoms with E-state index in [1.54, 1.807) is 23.9 Å². The van der Waals surface area contributed by atoms with Gasteiger partial charge in [0, 0.05) is 22.6 Å². The third-order valence-electron chi connectivity index (χ3n) is 3.80. The molecule has 27 heavy (non-hydrogen) atoms. The zero-order valence-corrected chi connectivity index (χ0v) is 15.2. The molecule has 1 aliphatic rings. The number of fused-ring (bicyclic) bond motifs is 1. The van der Waals surface area contributed by atoms with Crippen LogP contribution in [0.3, 0.4) is 0 Å². The van der Waals surface area contributed by atoms with Gasteiger partial charge in [0.05, 0.1) is 0 Å². The van der Waals surface area contributed by atoms with Crippen molar-refractivity contribution in [3.8, 4) is 23.0 Å². The zero-order chi connectivity index (χ0) is 18.5. The molecule has 0 spiro atoms. The van der Waals surface area contributed by atoms with Gasteiger partial charge in [-0.15, -0.1) is 16.9 Å². The Morgan fingerprint density at radius 3 is 2.70 bits per heavy atom. The summed E-state index contributed by atoms with van der Waals surface area (Å²) in [5, 5.41) is 10.5. The summed E-state index contributed by atoms with van der Waals surface area (Å²) in [5.74, 6) is 2.13. The Morgan fingerprint density at radius 1 is 1.04 bits per heavy atom. The van der Waals surface area contributed by atoms with Crippen LogP contribution in [-0.2, 0) is 4.79 Å². The minimum Gasteiger partial charge on any atom is -0.486 e. The molecule has 7 nitrogen and oxygen atoms in total. The van der Waals surface area contributed by atoms with Crippen LogP contribution >= 0.6 is 11.8 Å². The van der Waals surface area contributed by atoms with E-state index < -0.39 is 0 Å². The molecule has 0 radical (unpaired) electrons. The lowest BCUT2D eigenvalue weighted by atomic mass is 10.2. The van der Waals surface area contributed by atoms with Crippen LogP contribution in [0.1, 0.15) is 6.42 Å². The van der Waals surface area contributed by atoms with Crippen molar-refractivity contribution in [2.75, 3.05) is 24.3 Å². The maximum absolute atomic E-state index is 12.1. The van der Waals surface area contributed by atoms with Gasteiger partial charge in [0.1, 0.15) is 13.2 Å². The highest BCUT2D eigenvalue weighted by Gasteiger charge is 2.16. The van der Waals surface area contributed by atoms with E-state index in [9.17, 15) is 4.79 Å². The summed E-state index contributed by atoms with van der Waals surface area (Å²) in [7, 11) is 0. The molecule has 3 aromatic rings. The molecular formula is C19H17N3O4S. The largest absolute Gasteiger partial charge is 0.486 e. The number of anilines is 1. The highest BCUT2D eigenvalue weighted by Crippen LogP contribution is 2.34. The SMILES string of the molecule is O=C(CCSc1ccccc1)Nc1nnc(-c2ccc3c(c2)OCCO3)o1. The van der Waals surface area contributed by atoms with Crippen molar-refractivity contribution in [1.82, 2.24) is 10.2 Å². The van der Waals surface area contributed by atoms with Gasteiger partial charge >= 0.3 is 6.01 Å². The molecule has 0 saturated carbocycles. The normalized spacial score (nSPS) is 12.6. The number of carbonyl (C=O) groups is 1. The average molecular weight is 383 g/mol. The molecule has 8 heteroatoms. The molecule has 1 aliphatic heterocycles. The molecular weight excluding hydrogens is 366 g/mol. The molecule has 0 atom stereocenters. The average Bonchev–Trinajstić information content (AvgIpc) is 3.17. The Hall–Kier alpha value is -3.00. The van der Waals surface area contributed by atoms with Gasteiger partial charge in [-0.3, -0.25) is 10.1 Å². The lowest BCUT2D eigenvalue weighted by Gasteiger charge is -2.18. The van der Waals surface area contributed by atoms with Crippen LogP contribution in [0.2, 0.25) is 0 Å². The van der Waals surface area contributed by atoms with Crippen molar-refractivity contribution >= 4 is 23.7 Å². The number of rotatable bonds is 6. The summed E-state index contributed by atoms with van der Waals surface area (Å²) < 4.78 is 16.6. The van der Waals surface area contributed by atoms with E-state index in [1.807, 2.05) is 36.4 Å². The Labute approximate surface area is 160 Å². The molecule has 1 aromatic heterocycles. The summed E-state index contributed by atoms with van der Waals surface area (Å²) in [6, 6.07) is 15.4. The number of ether oxygens (including phenoxy) is 2. The number of nitrogens with one attached hydrogen (secondary N) is 1. The molecule has 138 valence electrons. The van der Waals surface area contributed by atoms with Crippen LogP contribution in [-0.4, -0.2) is 35.1 Å². The number of amides is 1. The van der Waals surface area contributed by atoms with Gasteiger partial charge in [-0.1, -0.05) is 23.3 Å². The van der Waals surface area contributed by atoms with E-state index in [0.717, 1.165) is 4.90 Å². The number of aromatic nitrogens is 2. The number of benzene rings is 2. The van der Waals surface area contributed by atoms with Crippen LogP contribution in [0.25, 0.3) is 11.5 Å².